The van der Waals surface area contributed by atoms with Crippen molar-refractivity contribution in [2.45, 2.75) is 38.1 Å². The highest BCUT2D eigenvalue weighted by molar-refractivity contribution is 6.31. The number of methoxy groups -OCH3 is 1. The highest BCUT2D eigenvalue weighted by atomic mass is 35.5. The van der Waals surface area contributed by atoms with E-state index >= 15 is 0 Å². The van der Waals surface area contributed by atoms with Crippen molar-refractivity contribution in [2.24, 2.45) is 0 Å². The van der Waals surface area contributed by atoms with Crippen molar-refractivity contribution in [2.75, 3.05) is 12.4 Å². The molecule has 0 atom stereocenters. The zero-order valence-corrected chi connectivity index (χ0v) is 15.5. The van der Waals surface area contributed by atoms with E-state index < -0.39 is 0 Å². The summed E-state index contributed by atoms with van der Waals surface area (Å²) in [5.74, 6) is 1.92. The quantitative estimate of drug-likeness (QED) is 0.716. The molecule has 138 valence electrons. The normalized spacial score (nSPS) is 14.5. The van der Waals surface area contributed by atoms with Gasteiger partial charge in [-0.3, -0.25) is 0 Å². The van der Waals surface area contributed by atoms with Gasteiger partial charge in [-0.25, -0.2) is 4.79 Å². The molecule has 2 amide bonds. The fourth-order valence-corrected chi connectivity index (χ4v) is 3.22. The molecule has 1 saturated carbocycles. The molecule has 1 fully saturated rings. The molecule has 0 heterocycles. The first kappa shape index (κ1) is 18.4. The summed E-state index contributed by atoms with van der Waals surface area (Å²) in [6.07, 6.45) is 5.62. The van der Waals surface area contributed by atoms with Crippen molar-refractivity contribution >= 4 is 23.3 Å². The Labute approximate surface area is 158 Å². The molecule has 3 rings (SSSR count). The highest BCUT2D eigenvalue weighted by Gasteiger charge is 2.17. The number of hydrogen-bond acceptors (Lipinski definition) is 3. The fraction of sp³-hybridized carbons (Fsp3) is 0.350. The van der Waals surface area contributed by atoms with Crippen LogP contribution in [0.25, 0.3) is 0 Å². The Balaban J connectivity index is 1.69. The molecule has 0 aromatic heterocycles. The fourth-order valence-electron chi connectivity index (χ4n) is 3.05. The Morgan fingerprint density at radius 1 is 1.04 bits per heavy atom. The highest BCUT2D eigenvalue weighted by Crippen LogP contribution is 2.32. The van der Waals surface area contributed by atoms with Crippen LogP contribution >= 0.6 is 11.6 Å². The van der Waals surface area contributed by atoms with Crippen molar-refractivity contribution in [3.63, 3.8) is 0 Å². The third-order valence-electron chi connectivity index (χ3n) is 4.42. The van der Waals surface area contributed by atoms with Crippen molar-refractivity contribution in [3.05, 3.63) is 47.5 Å². The third kappa shape index (κ3) is 5.05. The largest absolute Gasteiger partial charge is 0.497 e. The molecule has 0 aliphatic heterocycles. The summed E-state index contributed by atoms with van der Waals surface area (Å²) in [7, 11) is 1.61. The van der Waals surface area contributed by atoms with Crippen molar-refractivity contribution in [3.8, 4) is 17.2 Å². The lowest BCUT2D eigenvalue weighted by molar-refractivity contribution is 0.244. The number of benzene rings is 2. The van der Waals surface area contributed by atoms with Gasteiger partial charge in [-0.05, 0) is 55.3 Å². The number of carbonyl (C=O) groups excluding carboxylic acids is 1. The first-order valence-corrected chi connectivity index (χ1v) is 9.21. The van der Waals surface area contributed by atoms with E-state index in [1.165, 1.54) is 6.42 Å². The number of nitrogens with one attached hydrogen (secondary N) is 2. The summed E-state index contributed by atoms with van der Waals surface area (Å²) in [5, 5.41) is 6.41. The van der Waals surface area contributed by atoms with E-state index in [9.17, 15) is 4.79 Å². The molecule has 5 nitrogen and oxygen atoms in total. The number of ether oxygens (including phenoxy) is 2. The predicted molar refractivity (Wildman–Crippen MR) is 104 cm³/mol. The first-order valence-electron chi connectivity index (χ1n) is 8.83. The van der Waals surface area contributed by atoms with Crippen LogP contribution in [0.4, 0.5) is 10.5 Å². The molecule has 26 heavy (non-hydrogen) atoms. The number of carbonyl (C=O) groups is 1. The predicted octanol–water partition coefficient (Wildman–Crippen LogP) is 5.60. The molecule has 0 bridgehead atoms. The molecule has 0 unspecified atom stereocenters. The summed E-state index contributed by atoms with van der Waals surface area (Å²) < 4.78 is 11.0. The molecule has 2 aromatic carbocycles. The molecule has 6 heteroatoms. The zero-order chi connectivity index (χ0) is 18.4. The van der Waals surface area contributed by atoms with E-state index in [0.717, 1.165) is 31.4 Å². The number of halogens is 1. The Kier molecular flexibility index (Phi) is 6.23. The van der Waals surface area contributed by atoms with Crippen LogP contribution in [-0.4, -0.2) is 19.2 Å². The van der Waals surface area contributed by atoms with Crippen LogP contribution in [0.1, 0.15) is 32.1 Å². The van der Waals surface area contributed by atoms with Gasteiger partial charge >= 0.3 is 6.03 Å². The molecular formula is C20H23ClN2O3. The van der Waals surface area contributed by atoms with Gasteiger partial charge in [0.05, 0.1) is 12.8 Å². The monoisotopic (exact) mass is 374 g/mol. The summed E-state index contributed by atoms with van der Waals surface area (Å²) in [5.41, 5.74) is 0.529. The number of anilines is 1. The molecule has 1 aliphatic rings. The zero-order valence-electron chi connectivity index (χ0n) is 14.8. The van der Waals surface area contributed by atoms with Gasteiger partial charge in [0.15, 0.2) is 5.75 Å². The van der Waals surface area contributed by atoms with Crippen LogP contribution < -0.4 is 20.1 Å². The SMILES string of the molecule is COc1ccc(Oc2ccc(Cl)cc2NC(=O)NC2CCCCC2)cc1. The smallest absolute Gasteiger partial charge is 0.319 e. The maximum atomic E-state index is 12.3. The number of rotatable bonds is 5. The Bertz CT molecular complexity index is 743. The molecule has 0 saturated heterocycles. The second kappa shape index (κ2) is 8.81. The molecule has 2 N–H and O–H groups in total. The summed E-state index contributed by atoms with van der Waals surface area (Å²) >= 11 is 6.09. The van der Waals surface area contributed by atoms with E-state index in [0.29, 0.717) is 22.2 Å². The van der Waals surface area contributed by atoms with Crippen molar-refractivity contribution < 1.29 is 14.3 Å². The summed E-state index contributed by atoms with van der Waals surface area (Å²) in [6.45, 7) is 0. The average Bonchev–Trinajstić information content (AvgIpc) is 2.65. The standard InChI is InChI=1S/C20H23ClN2O3/c1-25-16-8-10-17(11-9-16)26-19-12-7-14(21)13-18(19)23-20(24)22-15-5-3-2-4-6-15/h7-13,15H,2-6H2,1H3,(H2,22,23,24). The van der Waals surface area contributed by atoms with Gasteiger partial charge in [-0.1, -0.05) is 30.9 Å². The van der Waals surface area contributed by atoms with Crippen LogP contribution in [0, 0.1) is 0 Å². The minimum atomic E-state index is -0.237. The van der Waals surface area contributed by atoms with Gasteiger partial charge in [0, 0.05) is 11.1 Å². The minimum absolute atomic E-state index is 0.230. The molecule has 0 radical (unpaired) electrons. The van der Waals surface area contributed by atoms with Gasteiger partial charge in [0.2, 0.25) is 0 Å². The Morgan fingerprint density at radius 2 is 1.73 bits per heavy atom. The van der Waals surface area contributed by atoms with Gasteiger partial charge in [0.25, 0.3) is 0 Å². The van der Waals surface area contributed by atoms with Crippen LogP contribution in [0.5, 0.6) is 17.2 Å². The second-order valence-electron chi connectivity index (χ2n) is 6.35. The number of amides is 2. The minimum Gasteiger partial charge on any atom is -0.497 e. The van der Waals surface area contributed by atoms with Crippen LogP contribution in [-0.2, 0) is 0 Å². The summed E-state index contributed by atoms with van der Waals surface area (Å²) in [4.78, 5) is 12.3. The maximum Gasteiger partial charge on any atom is 0.319 e. The first-order chi connectivity index (χ1) is 12.6. The number of urea groups is 1. The topological polar surface area (TPSA) is 59.6 Å². The maximum absolute atomic E-state index is 12.3. The Morgan fingerprint density at radius 3 is 2.42 bits per heavy atom. The van der Waals surface area contributed by atoms with Crippen LogP contribution in [0.15, 0.2) is 42.5 Å². The van der Waals surface area contributed by atoms with E-state index in [1.807, 2.05) is 12.1 Å². The lowest BCUT2D eigenvalue weighted by atomic mass is 9.96. The van der Waals surface area contributed by atoms with E-state index in [1.54, 1.807) is 37.4 Å². The average molecular weight is 375 g/mol. The summed E-state index contributed by atoms with van der Waals surface area (Å²) in [6, 6.07) is 12.4. The Hall–Kier alpha value is -2.40. The van der Waals surface area contributed by atoms with Gasteiger partial charge in [-0.15, -0.1) is 0 Å². The van der Waals surface area contributed by atoms with Crippen LogP contribution in [0.3, 0.4) is 0 Å². The van der Waals surface area contributed by atoms with Crippen molar-refractivity contribution in [1.29, 1.82) is 0 Å². The molecular weight excluding hydrogens is 352 g/mol. The lowest BCUT2D eigenvalue weighted by Crippen LogP contribution is -2.39. The van der Waals surface area contributed by atoms with E-state index in [-0.39, 0.29) is 12.1 Å². The number of hydrogen-bond donors (Lipinski definition) is 2. The molecule has 0 spiro atoms. The molecule has 2 aromatic rings. The third-order valence-corrected chi connectivity index (χ3v) is 4.65. The van der Waals surface area contributed by atoms with E-state index in [2.05, 4.69) is 10.6 Å². The molecule has 1 aliphatic carbocycles. The van der Waals surface area contributed by atoms with Gasteiger partial charge in [0.1, 0.15) is 11.5 Å². The van der Waals surface area contributed by atoms with E-state index in [4.69, 9.17) is 21.1 Å². The van der Waals surface area contributed by atoms with Crippen molar-refractivity contribution in [1.82, 2.24) is 5.32 Å². The van der Waals surface area contributed by atoms with Crippen LogP contribution in [0.2, 0.25) is 5.02 Å². The lowest BCUT2D eigenvalue weighted by Gasteiger charge is -2.23. The van der Waals surface area contributed by atoms with Gasteiger partial charge in [-0.2, -0.15) is 0 Å². The second-order valence-corrected chi connectivity index (χ2v) is 6.79. The van der Waals surface area contributed by atoms with Gasteiger partial charge < -0.3 is 20.1 Å².